The van der Waals surface area contributed by atoms with E-state index >= 15 is 0 Å². The molecule has 0 fully saturated rings. The van der Waals surface area contributed by atoms with Crippen molar-refractivity contribution < 1.29 is 23.0 Å². The summed E-state index contributed by atoms with van der Waals surface area (Å²) in [5.41, 5.74) is 5.62. The van der Waals surface area contributed by atoms with Crippen LogP contribution in [0.1, 0.15) is 17.2 Å². The fourth-order valence-electron chi connectivity index (χ4n) is 1.78. The zero-order valence-corrected chi connectivity index (χ0v) is 11.2. The van der Waals surface area contributed by atoms with E-state index in [-0.39, 0.29) is 22.0 Å². The number of rotatable bonds is 3. The normalized spacial score (nSPS) is 13.0. The van der Waals surface area contributed by atoms with Gasteiger partial charge in [-0.05, 0) is 12.1 Å². The second-order valence-corrected chi connectivity index (χ2v) is 4.55. The quantitative estimate of drug-likeness (QED) is 0.911. The Bertz CT molecular complexity index is 650. The van der Waals surface area contributed by atoms with Crippen LogP contribution in [0.2, 0.25) is 5.02 Å². The highest BCUT2D eigenvalue weighted by Crippen LogP contribution is 2.35. The molecule has 0 aliphatic carbocycles. The maximum Gasteiger partial charge on any atom is 0.573 e. The molecule has 1 aromatic carbocycles. The molecular formula is C13H10ClF3N2O2. The first-order chi connectivity index (χ1) is 9.78. The average Bonchev–Trinajstić information content (AvgIpc) is 2.39. The van der Waals surface area contributed by atoms with E-state index in [0.717, 1.165) is 6.07 Å². The lowest BCUT2D eigenvalue weighted by molar-refractivity contribution is -0.275. The summed E-state index contributed by atoms with van der Waals surface area (Å²) in [5, 5.41) is 10.5. The van der Waals surface area contributed by atoms with E-state index in [1.807, 2.05) is 0 Å². The fourth-order valence-corrected chi connectivity index (χ4v) is 1.94. The van der Waals surface area contributed by atoms with Crippen LogP contribution in [-0.2, 0) is 0 Å². The molecule has 0 bridgehead atoms. The van der Waals surface area contributed by atoms with Crippen LogP contribution in [0, 0.1) is 0 Å². The molecule has 112 valence electrons. The molecule has 0 spiro atoms. The maximum absolute atomic E-state index is 12.4. The van der Waals surface area contributed by atoms with Gasteiger partial charge in [-0.15, -0.1) is 13.2 Å². The highest BCUT2D eigenvalue weighted by molar-refractivity contribution is 6.30. The number of hydrogen-bond acceptors (Lipinski definition) is 4. The Kier molecular flexibility index (Phi) is 4.24. The lowest BCUT2D eigenvalue weighted by atomic mass is 10.0. The summed E-state index contributed by atoms with van der Waals surface area (Å²) in [7, 11) is 0. The first kappa shape index (κ1) is 15.4. The number of aliphatic hydroxyl groups excluding tert-OH is 1. The van der Waals surface area contributed by atoms with Crippen molar-refractivity contribution in [2.45, 2.75) is 12.5 Å². The van der Waals surface area contributed by atoms with Crippen LogP contribution in [0.5, 0.6) is 5.75 Å². The van der Waals surface area contributed by atoms with Crippen LogP contribution in [0.15, 0.2) is 36.5 Å². The Morgan fingerprint density at radius 3 is 2.57 bits per heavy atom. The van der Waals surface area contributed by atoms with Gasteiger partial charge in [0.25, 0.3) is 0 Å². The van der Waals surface area contributed by atoms with Gasteiger partial charge >= 0.3 is 6.36 Å². The number of nitrogens with zero attached hydrogens (tertiary/aromatic N) is 1. The smallest absolute Gasteiger partial charge is 0.405 e. The first-order valence-electron chi connectivity index (χ1n) is 5.71. The molecule has 0 amide bonds. The number of para-hydroxylation sites is 1. The van der Waals surface area contributed by atoms with Gasteiger partial charge in [-0.2, -0.15) is 0 Å². The highest BCUT2D eigenvalue weighted by Gasteiger charge is 2.33. The SMILES string of the molecule is Nc1ncc(Cl)cc1C(O)c1ccccc1OC(F)(F)F. The summed E-state index contributed by atoms with van der Waals surface area (Å²) in [4.78, 5) is 3.75. The summed E-state index contributed by atoms with van der Waals surface area (Å²) >= 11 is 5.75. The van der Waals surface area contributed by atoms with Gasteiger partial charge in [0.1, 0.15) is 17.7 Å². The van der Waals surface area contributed by atoms with Crippen molar-refractivity contribution in [1.29, 1.82) is 0 Å². The Balaban J connectivity index is 2.44. The van der Waals surface area contributed by atoms with Crippen LogP contribution in [0.25, 0.3) is 0 Å². The Morgan fingerprint density at radius 2 is 1.90 bits per heavy atom. The van der Waals surface area contributed by atoms with Crippen LogP contribution in [-0.4, -0.2) is 16.5 Å². The molecule has 0 saturated heterocycles. The van der Waals surface area contributed by atoms with Gasteiger partial charge < -0.3 is 15.6 Å². The second-order valence-electron chi connectivity index (χ2n) is 4.12. The predicted molar refractivity (Wildman–Crippen MR) is 70.8 cm³/mol. The monoisotopic (exact) mass is 318 g/mol. The highest BCUT2D eigenvalue weighted by atomic mass is 35.5. The lowest BCUT2D eigenvalue weighted by Crippen LogP contribution is -2.19. The number of aliphatic hydroxyl groups is 1. The second kappa shape index (κ2) is 5.79. The number of alkyl halides is 3. The number of hydrogen-bond donors (Lipinski definition) is 2. The van der Waals surface area contributed by atoms with Gasteiger partial charge in [0.2, 0.25) is 0 Å². The van der Waals surface area contributed by atoms with E-state index in [4.69, 9.17) is 17.3 Å². The van der Waals surface area contributed by atoms with Gasteiger partial charge in [0.05, 0.1) is 5.02 Å². The van der Waals surface area contributed by atoms with Gasteiger partial charge in [0, 0.05) is 17.3 Å². The zero-order valence-electron chi connectivity index (χ0n) is 10.4. The van der Waals surface area contributed by atoms with E-state index in [2.05, 4.69) is 9.72 Å². The molecule has 0 aliphatic heterocycles. The third-order valence-electron chi connectivity index (χ3n) is 2.65. The van der Waals surface area contributed by atoms with Crippen LogP contribution in [0.3, 0.4) is 0 Å². The van der Waals surface area contributed by atoms with E-state index in [1.54, 1.807) is 0 Å². The minimum Gasteiger partial charge on any atom is -0.405 e. The Hall–Kier alpha value is -1.99. The molecule has 2 rings (SSSR count). The molecule has 1 unspecified atom stereocenters. The predicted octanol–water partition coefficient (Wildman–Crippen LogP) is 3.30. The summed E-state index contributed by atoms with van der Waals surface area (Å²) < 4.78 is 41.0. The van der Waals surface area contributed by atoms with Crippen LogP contribution in [0.4, 0.5) is 19.0 Å². The minimum atomic E-state index is -4.87. The number of aromatic nitrogens is 1. The zero-order chi connectivity index (χ0) is 15.6. The van der Waals surface area contributed by atoms with Crippen molar-refractivity contribution in [3.8, 4) is 5.75 Å². The number of halogens is 4. The Labute approximate surface area is 122 Å². The number of nitrogens with two attached hydrogens (primary N) is 1. The first-order valence-corrected chi connectivity index (χ1v) is 6.09. The lowest BCUT2D eigenvalue weighted by Gasteiger charge is -2.18. The Morgan fingerprint density at radius 1 is 1.24 bits per heavy atom. The van der Waals surface area contributed by atoms with Crippen molar-refractivity contribution in [3.63, 3.8) is 0 Å². The molecule has 1 atom stereocenters. The van der Waals surface area contributed by atoms with Gasteiger partial charge in [-0.1, -0.05) is 29.8 Å². The van der Waals surface area contributed by atoms with Crippen molar-refractivity contribution in [2.24, 2.45) is 0 Å². The molecule has 1 heterocycles. The molecule has 2 aromatic rings. The molecule has 4 nitrogen and oxygen atoms in total. The van der Waals surface area contributed by atoms with Gasteiger partial charge in [0.15, 0.2) is 0 Å². The molecule has 21 heavy (non-hydrogen) atoms. The summed E-state index contributed by atoms with van der Waals surface area (Å²) in [6.07, 6.45) is -5.05. The fraction of sp³-hybridized carbons (Fsp3) is 0.154. The molecule has 1 aromatic heterocycles. The summed E-state index contributed by atoms with van der Waals surface area (Å²) in [6.45, 7) is 0. The summed E-state index contributed by atoms with van der Waals surface area (Å²) in [5.74, 6) is -0.550. The van der Waals surface area contributed by atoms with Crippen LogP contribution < -0.4 is 10.5 Å². The number of pyridine rings is 1. The number of anilines is 1. The largest absolute Gasteiger partial charge is 0.573 e. The van der Waals surface area contributed by atoms with Gasteiger partial charge in [-0.25, -0.2) is 4.98 Å². The van der Waals surface area contributed by atoms with Crippen molar-refractivity contribution in [2.75, 3.05) is 5.73 Å². The summed E-state index contributed by atoms with van der Waals surface area (Å²) in [6, 6.07) is 6.55. The average molecular weight is 319 g/mol. The number of nitrogen functional groups attached to an aromatic ring is 1. The van der Waals surface area contributed by atoms with Crippen molar-refractivity contribution in [3.05, 3.63) is 52.7 Å². The molecule has 0 saturated carbocycles. The maximum atomic E-state index is 12.4. The third kappa shape index (κ3) is 3.77. The van der Waals surface area contributed by atoms with E-state index in [1.165, 1.54) is 30.5 Å². The van der Waals surface area contributed by atoms with Crippen molar-refractivity contribution >= 4 is 17.4 Å². The molecular weight excluding hydrogens is 309 g/mol. The third-order valence-corrected chi connectivity index (χ3v) is 2.86. The standard InChI is InChI=1S/C13H10ClF3N2O2/c14-7-5-9(12(18)19-6-7)11(20)8-3-1-2-4-10(8)21-13(15,16)17/h1-6,11,20H,(H2,18,19). The molecule has 3 N–H and O–H groups in total. The van der Waals surface area contributed by atoms with Gasteiger partial charge in [-0.3, -0.25) is 0 Å². The molecule has 0 aliphatic rings. The van der Waals surface area contributed by atoms with E-state index in [0.29, 0.717) is 0 Å². The van der Waals surface area contributed by atoms with E-state index in [9.17, 15) is 18.3 Å². The topological polar surface area (TPSA) is 68.4 Å². The van der Waals surface area contributed by atoms with Crippen molar-refractivity contribution in [1.82, 2.24) is 4.98 Å². The molecule has 0 radical (unpaired) electrons. The van der Waals surface area contributed by atoms with Crippen LogP contribution >= 0.6 is 11.6 Å². The minimum absolute atomic E-state index is 0.0336. The molecule has 8 heteroatoms. The number of benzene rings is 1. The van der Waals surface area contributed by atoms with E-state index < -0.39 is 18.2 Å². The number of ether oxygens (including phenoxy) is 1.